The van der Waals surface area contributed by atoms with E-state index in [1.807, 2.05) is 0 Å². The quantitative estimate of drug-likeness (QED) is 0.521. The van der Waals surface area contributed by atoms with Crippen molar-refractivity contribution in [3.8, 4) is 11.5 Å². The molecule has 9 heteroatoms. The molecule has 0 spiro atoms. The van der Waals surface area contributed by atoms with Crippen LogP contribution in [0.4, 0.5) is 0 Å². The van der Waals surface area contributed by atoms with Crippen LogP contribution in [0.2, 0.25) is 0 Å². The van der Waals surface area contributed by atoms with Crippen molar-refractivity contribution in [2.75, 3.05) is 14.2 Å². The van der Waals surface area contributed by atoms with Gasteiger partial charge in [-0.15, -0.1) is 0 Å². The van der Waals surface area contributed by atoms with Crippen LogP contribution in [0.25, 0.3) is 0 Å². The zero-order chi connectivity index (χ0) is 21.0. The van der Waals surface area contributed by atoms with Crippen molar-refractivity contribution >= 4 is 15.8 Å². The molecule has 0 radical (unpaired) electrons. The number of rotatable bonds is 8. The van der Waals surface area contributed by atoms with Gasteiger partial charge in [-0.3, -0.25) is 9.36 Å². The Labute approximate surface area is 168 Å². The van der Waals surface area contributed by atoms with Gasteiger partial charge in [0.1, 0.15) is 0 Å². The molecule has 0 atom stereocenters. The topological polar surface area (TPSA) is 96.6 Å². The molecule has 0 amide bonds. The number of carbonyl (C=O) groups excluding carboxylic acids is 1. The number of aromatic nitrogens is 2. The lowest BCUT2D eigenvalue weighted by atomic mass is 10.1. The summed E-state index contributed by atoms with van der Waals surface area (Å²) in [5, 5.41) is 0. The van der Waals surface area contributed by atoms with Gasteiger partial charge in [-0.1, -0.05) is 30.3 Å². The summed E-state index contributed by atoms with van der Waals surface area (Å²) in [6.07, 6.45) is 2.44. The summed E-state index contributed by atoms with van der Waals surface area (Å²) in [6, 6.07) is 13.2. The number of ether oxygens (including phenoxy) is 2. The zero-order valence-electron chi connectivity index (χ0n) is 15.9. The summed E-state index contributed by atoms with van der Waals surface area (Å²) in [5.74, 6) is 0.167. The van der Waals surface area contributed by atoms with Gasteiger partial charge in [-0.2, -0.15) is 3.97 Å². The minimum atomic E-state index is -3.91. The molecule has 0 aliphatic carbocycles. The lowest BCUT2D eigenvalue weighted by Gasteiger charge is -2.09. The third kappa shape index (κ3) is 4.40. The maximum absolute atomic E-state index is 12.6. The number of imidazole rings is 1. The summed E-state index contributed by atoms with van der Waals surface area (Å²) >= 11 is 0. The summed E-state index contributed by atoms with van der Waals surface area (Å²) in [5.41, 5.74) is 0.0813. The largest absolute Gasteiger partial charge is 0.493 e. The molecule has 1 heterocycles. The van der Waals surface area contributed by atoms with E-state index in [1.54, 1.807) is 42.5 Å². The molecule has 0 aliphatic heterocycles. The van der Waals surface area contributed by atoms with Crippen molar-refractivity contribution in [1.82, 2.24) is 8.54 Å². The average molecular weight is 416 g/mol. The fraction of sp³-hybridized carbons (Fsp3) is 0.200. The third-order valence-corrected chi connectivity index (χ3v) is 5.90. The van der Waals surface area contributed by atoms with Crippen LogP contribution in [-0.4, -0.2) is 37.0 Å². The van der Waals surface area contributed by atoms with E-state index in [0.717, 1.165) is 10.8 Å². The van der Waals surface area contributed by atoms with Crippen molar-refractivity contribution < 1.29 is 22.7 Å². The Hall–Kier alpha value is -3.33. The normalized spacial score (nSPS) is 11.2. The lowest BCUT2D eigenvalue weighted by Crippen LogP contribution is -2.31. The van der Waals surface area contributed by atoms with Crippen LogP contribution in [0.15, 0.2) is 65.7 Å². The van der Waals surface area contributed by atoms with Crippen LogP contribution >= 0.6 is 0 Å². The van der Waals surface area contributed by atoms with Crippen molar-refractivity contribution in [2.45, 2.75) is 12.3 Å². The molecule has 152 valence electrons. The van der Waals surface area contributed by atoms with Gasteiger partial charge in [-0.25, -0.2) is 13.2 Å². The highest BCUT2D eigenvalue weighted by molar-refractivity contribution is 7.89. The van der Waals surface area contributed by atoms with Gasteiger partial charge >= 0.3 is 5.69 Å². The SMILES string of the molecule is COc1ccc(C(=O)Cn2ccn(S(=O)(=O)Cc3ccccc3)c2=O)cc1OC. The Balaban J connectivity index is 1.83. The van der Waals surface area contributed by atoms with Crippen LogP contribution in [-0.2, 0) is 22.3 Å². The molecule has 1 aromatic heterocycles. The molecule has 0 N–H and O–H groups in total. The molecule has 0 saturated heterocycles. The summed E-state index contributed by atoms with van der Waals surface area (Å²) in [7, 11) is -0.971. The Morgan fingerprint density at radius 1 is 0.966 bits per heavy atom. The van der Waals surface area contributed by atoms with E-state index in [2.05, 4.69) is 0 Å². The van der Waals surface area contributed by atoms with Gasteiger partial charge in [0.2, 0.25) is 10.0 Å². The first kappa shape index (κ1) is 20.4. The van der Waals surface area contributed by atoms with Crippen LogP contribution < -0.4 is 15.2 Å². The number of ketones is 1. The fourth-order valence-corrected chi connectivity index (χ4v) is 4.17. The highest BCUT2D eigenvalue weighted by Crippen LogP contribution is 2.27. The second-order valence-electron chi connectivity index (χ2n) is 6.24. The van der Waals surface area contributed by atoms with Gasteiger partial charge in [0, 0.05) is 18.0 Å². The van der Waals surface area contributed by atoms with Gasteiger partial charge in [0.05, 0.1) is 26.5 Å². The van der Waals surface area contributed by atoms with Gasteiger partial charge < -0.3 is 9.47 Å². The van der Waals surface area contributed by atoms with E-state index in [-0.39, 0.29) is 18.1 Å². The molecule has 0 fully saturated rings. The number of carbonyl (C=O) groups is 1. The Morgan fingerprint density at radius 3 is 2.31 bits per heavy atom. The van der Waals surface area contributed by atoms with Crippen LogP contribution in [0, 0.1) is 0 Å². The van der Waals surface area contributed by atoms with Crippen molar-refractivity contribution in [3.05, 3.63) is 82.5 Å². The van der Waals surface area contributed by atoms with Gasteiger partial charge in [-0.05, 0) is 23.8 Å². The average Bonchev–Trinajstić information content (AvgIpc) is 3.08. The molecular formula is C20H20N2O6S. The lowest BCUT2D eigenvalue weighted by molar-refractivity contribution is 0.0970. The Bertz CT molecular complexity index is 1180. The summed E-state index contributed by atoms with van der Waals surface area (Å²) < 4.78 is 37.2. The van der Waals surface area contributed by atoms with Crippen LogP contribution in [0.3, 0.4) is 0 Å². The molecular weight excluding hydrogens is 396 g/mol. The Kier molecular flexibility index (Phi) is 5.88. The van der Waals surface area contributed by atoms with Crippen LogP contribution in [0.5, 0.6) is 11.5 Å². The second-order valence-corrected chi connectivity index (χ2v) is 8.09. The molecule has 0 saturated carbocycles. The third-order valence-electron chi connectivity index (χ3n) is 4.33. The molecule has 29 heavy (non-hydrogen) atoms. The van der Waals surface area contributed by atoms with E-state index >= 15 is 0 Å². The number of Topliss-reactive ketones (excluding diaryl/α,β-unsaturated/α-hetero) is 1. The molecule has 8 nitrogen and oxygen atoms in total. The molecule has 0 unspecified atom stereocenters. The molecule has 3 aromatic rings. The summed E-state index contributed by atoms with van der Waals surface area (Å²) in [6.45, 7) is -0.303. The monoisotopic (exact) mass is 416 g/mol. The molecule has 3 rings (SSSR count). The minimum absolute atomic E-state index is 0.303. The highest BCUT2D eigenvalue weighted by atomic mass is 32.2. The molecule has 0 aliphatic rings. The van der Waals surface area contributed by atoms with Crippen molar-refractivity contribution in [3.63, 3.8) is 0 Å². The first-order chi connectivity index (χ1) is 13.9. The maximum atomic E-state index is 12.6. The van der Waals surface area contributed by atoms with E-state index in [4.69, 9.17) is 9.47 Å². The number of methoxy groups -OCH3 is 2. The second kappa shape index (κ2) is 8.36. The fourth-order valence-electron chi connectivity index (χ4n) is 2.84. The highest BCUT2D eigenvalue weighted by Gasteiger charge is 2.20. The number of hydrogen-bond donors (Lipinski definition) is 0. The summed E-state index contributed by atoms with van der Waals surface area (Å²) in [4.78, 5) is 25.1. The Morgan fingerprint density at radius 2 is 1.66 bits per heavy atom. The maximum Gasteiger partial charge on any atom is 0.342 e. The van der Waals surface area contributed by atoms with E-state index in [0.29, 0.717) is 26.6 Å². The first-order valence-corrected chi connectivity index (χ1v) is 10.3. The predicted octanol–water partition coefficient (Wildman–Crippen LogP) is 1.93. The zero-order valence-corrected chi connectivity index (χ0v) is 16.8. The predicted molar refractivity (Wildman–Crippen MR) is 107 cm³/mol. The van der Waals surface area contributed by atoms with Crippen LogP contribution in [0.1, 0.15) is 15.9 Å². The van der Waals surface area contributed by atoms with Crippen molar-refractivity contribution in [1.29, 1.82) is 0 Å². The standard InChI is InChI=1S/C20H20N2O6S/c1-27-18-9-8-16(12-19(18)28-2)17(23)13-21-10-11-22(20(21)24)29(25,26)14-15-6-4-3-5-7-15/h3-12H,13-14H2,1-2H3. The van der Waals surface area contributed by atoms with Gasteiger partial charge in [0.25, 0.3) is 0 Å². The first-order valence-electron chi connectivity index (χ1n) is 8.66. The number of hydrogen-bond acceptors (Lipinski definition) is 6. The molecule has 2 aromatic carbocycles. The molecule has 0 bridgehead atoms. The van der Waals surface area contributed by atoms with E-state index < -0.39 is 15.7 Å². The van der Waals surface area contributed by atoms with Crippen molar-refractivity contribution in [2.24, 2.45) is 0 Å². The van der Waals surface area contributed by atoms with E-state index in [1.165, 1.54) is 26.5 Å². The van der Waals surface area contributed by atoms with E-state index in [9.17, 15) is 18.0 Å². The number of nitrogens with zero attached hydrogens (tertiary/aromatic N) is 2. The van der Waals surface area contributed by atoms with Gasteiger partial charge in [0.15, 0.2) is 17.3 Å². The smallest absolute Gasteiger partial charge is 0.342 e. The number of benzene rings is 2. The minimum Gasteiger partial charge on any atom is -0.493 e.